The van der Waals surface area contributed by atoms with Crippen LogP contribution in [-0.4, -0.2) is 64.6 Å². The lowest BCUT2D eigenvalue weighted by atomic mass is 9.92. The third-order valence-corrected chi connectivity index (χ3v) is 8.95. The second kappa shape index (κ2) is 18.4. The first-order valence-corrected chi connectivity index (χ1v) is 16.4. The SMILES string of the molecule is CCCN(C(=O)[C@@H](N=[N+]=[N-])C(C)CC)C(C[C@@H](O)c1nc(C(=O)N[C@@H](Cc2ccc(F)cc2)C[C@H](C)C(=O)OC)cs1)C(C)C. The zero-order valence-corrected chi connectivity index (χ0v) is 28.1. The second-order valence-corrected chi connectivity index (χ2v) is 12.8. The molecule has 11 nitrogen and oxygen atoms in total. The molecular weight excluding hydrogens is 599 g/mol. The predicted octanol–water partition coefficient (Wildman–Crippen LogP) is 6.23. The minimum absolute atomic E-state index is 0.0226. The lowest BCUT2D eigenvalue weighted by molar-refractivity contribution is -0.145. The van der Waals surface area contributed by atoms with Gasteiger partial charge in [0.25, 0.3) is 5.91 Å². The molecule has 6 atom stereocenters. The third kappa shape index (κ3) is 11.1. The highest BCUT2D eigenvalue weighted by atomic mass is 32.1. The van der Waals surface area contributed by atoms with Gasteiger partial charge in [-0.3, -0.25) is 14.4 Å². The van der Waals surface area contributed by atoms with Gasteiger partial charge in [0, 0.05) is 35.3 Å². The largest absolute Gasteiger partial charge is 0.469 e. The van der Waals surface area contributed by atoms with Gasteiger partial charge in [0.05, 0.1) is 13.0 Å². The van der Waals surface area contributed by atoms with Gasteiger partial charge in [-0.25, -0.2) is 9.37 Å². The van der Waals surface area contributed by atoms with Crippen molar-refractivity contribution in [2.24, 2.45) is 22.9 Å². The van der Waals surface area contributed by atoms with Crippen molar-refractivity contribution in [1.29, 1.82) is 0 Å². The van der Waals surface area contributed by atoms with Gasteiger partial charge < -0.3 is 20.1 Å². The number of nitrogens with one attached hydrogen (secondary N) is 1. The summed E-state index contributed by atoms with van der Waals surface area (Å²) in [6, 6.07) is 4.26. The number of thiazole rings is 1. The van der Waals surface area contributed by atoms with Gasteiger partial charge in [-0.1, -0.05) is 65.2 Å². The van der Waals surface area contributed by atoms with E-state index in [1.807, 2.05) is 34.6 Å². The molecule has 2 rings (SSSR count). The predicted molar refractivity (Wildman–Crippen MR) is 172 cm³/mol. The summed E-state index contributed by atoms with van der Waals surface area (Å²) in [6.07, 6.45) is 1.14. The maximum Gasteiger partial charge on any atom is 0.308 e. The molecule has 0 aliphatic carbocycles. The first-order valence-electron chi connectivity index (χ1n) is 15.5. The normalized spacial score (nSPS) is 15.2. The van der Waals surface area contributed by atoms with Crippen LogP contribution in [0.2, 0.25) is 0 Å². The number of carbonyl (C=O) groups excluding carboxylic acids is 3. The van der Waals surface area contributed by atoms with Gasteiger partial charge in [-0.15, -0.1) is 11.3 Å². The number of rotatable bonds is 18. The Balaban J connectivity index is 2.24. The van der Waals surface area contributed by atoms with E-state index in [4.69, 9.17) is 10.3 Å². The van der Waals surface area contributed by atoms with E-state index in [-0.39, 0.29) is 41.7 Å². The molecule has 1 aromatic heterocycles. The van der Waals surface area contributed by atoms with Crippen LogP contribution in [0.5, 0.6) is 0 Å². The van der Waals surface area contributed by atoms with Gasteiger partial charge in [0.1, 0.15) is 28.7 Å². The Morgan fingerprint density at radius 1 is 1.16 bits per heavy atom. The molecule has 0 aliphatic heterocycles. The van der Waals surface area contributed by atoms with Crippen LogP contribution in [0.15, 0.2) is 34.8 Å². The molecule has 0 saturated carbocycles. The number of aromatic nitrogens is 1. The van der Waals surface area contributed by atoms with Crippen molar-refractivity contribution in [2.75, 3.05) is 13.7 Å². The zero-order valence-electron chi connectivity index (χ0n) is 27.3. The molecule has 0 saturated heterocycles. The fourth-order valence-corrected chi connectivity index (χ4v) is 6.05. The van der Waals surface area contributed by atoms with E-state index in [1.54, 1.807) is 29.3 Å². The molecule has 0 radical (unpaired) electrons. The minimum atomic E-state index is -1.05. The van der Waals surface area contributed by atoms with Crippen LogP contribution >= 0.6 is 11.3 Å². The first kappa shape index (κ1) is 37.6. The van der Waals surface area contributed by atoms with Crippen molar-refractivity contribution in [2.45, 2.75) is 97.9 Å². The number of hydrogen-bond donors (Lipinski definition) is 2. The summed E-state index contributed by atoms with van der Waals surface area (Å²) in [6.45, 7) is 11.9. The molecule has 0 aliphatic rings. The van der Waals surface area contributed by atoms with Crippen molar-refractivity contribution in [3.05, 3.63) is 62.2 Å². The summed E-state index contributed by atoms with van der Waals surface area (Å²) in [5.41, 5.74) is 10.0. The van der Waals surface area contributed by atoms with E-state index in [9.17, 15) is 23.9 Å². The van der Waals surface area contributed by atoms with Gasteiger partial charge in [-0.05, 0) is 54.3 Å². The molecule has 2 unspecified atom stereocenters. The first-order chi connectivity index (χ1) is 21.4. The second-order valence-electron chi connectivity index (χ2n) is 11.9. The van der Waals surface area contributed by atoms with E-state index in [0.717, 1.165) is 16.9 Å². The van der Waals surface area contributed by atoms with Crippen LogP contribution in [-0.2, 0) is 20.7 Å². The monoisotopic (exact) mass is 646 g/mol. The quantitative estimate of drug-likeness (QED) is 0.0845. The fourth-order valence-electron chi connectivity index (χ4n) is 5.25. The Labute approximate surface area is 269 Å². The third-order valence-electron chi connectivity index (χ3n) is 8.01. The number of ether oxygens (including phenoxy) is 1. The van der Waals surface area contributed by atoms with Crippen molar-refractivity contribution in [3.63, 3.8) is 0 Å². The van der Waals surface area contributed by atoms with Gasteiger partial charge in [0.2, 0.25) is 5.91 Å². The minimum Gasteiger partial charge on any atom is -0.469 e. The van der Waals surface area contributed by atoms with Crippen molar-refractivity contribution >= 4 is 29.1 Å². The number of nitrogens with zero attached hydrogens (tertiary/aromatic N) is 5. The molecule has 0 fully saturated rings. The number of azide groups is 1. The number of carbonyl (C=O) groups is 3. The van der Waals surface area contributed by atoms with Crippen molar-refractivity contribution < 1.29 is 28.6 Å². The number of hydrogen-bond acceptors (Lipinski definition) is 8. The number of benzene rings is 1. The molecular formula is C32H47FN6O5S. The Morgan fingerprint density at radius 3 is 2.38 bits per heavy atom. The van der Waals surface area contributed by atoms with Crippen LogP contribution in [0.25, 0.3) is 10.4 Å². The number of esters is 1. The highest BCUT2D eigenvalue weighted by Gasteiger charge is 2.35. The molecule has 248 valence electrons. The lowest BCUT2D eigenvalue weighted by Crippen LogP contribution is -2.49. The topological polar surface area (TPSA) is 158 Å². The molecule has 1 aromatic carbocycles. The molecule has 0 bridgehead atoms. The smallest absolute Gasteiger partial charge is 0.308 e. The van der Waals surface area contributed by atoms with Crippen LogP contribution in [0, 0.1) is 23.6 Å². The van der Waals surface area contributed by atoms with Crippen LogP contribution in [0.3, 0.4) is 0 Å². The van der Waals surface area contributed by atoms with Crippen LogP contribution in [0.4, 0.5) is 4.39 Å². The van der Waals surface area contributed by atoms with Crippen LogP contribution < -0.4 is 5.32 Å². The molecule has 45 heavy (non-hydrogen) atoms. The Hall–Kier alpha value is -3.54. The molecule has 0 spiro atoms. The average Bonchev–Trinajstić information content (AvgIpc) is 3.52. The molecule has 1 heterocycles. The molecule has 2 N–H and O–H groups in total. The fraction of sp³-hybridized carbons (Fsp3) is 0.625. The summed E-state index contributed by atoms with van der Waals surface area (Å²) < 4.78 is 18.3. The summed E-state index contributed by atoms with van der Waals surface area (Å²) in [4.78, 5) is 48.1. The highest BCUT2D eigenvalue weighted by Crippen LogP contribution is 2.29. The average molecular weight is 647 g/mol. The van der Waals surface area contributed by atoms with Crippen molar-refractivity contribution in [3.8, 4) is 0 Å². The Bertz CT molecular complexity index is 1300. The summed E-state index contributed by atoms with van der Waals surface area (Å²) in [7, 11) is 1.31. The van der Waals surface area contributed by atoms with Gasteiger partial charge >= 0.3 is 5.97 Å². The maximum absolute atomic E-state index is 13.6. The maximum atomic E-state index is 13.6. The number of halogens is 1. The Morgan fingerprint density at radius 2 is 1.82 bits per heavy atom. The Kier molecular flexibility index (Phi) is 15.4. The van der Waals surface area contributed by atoms with E-state index in [0.29, 0.717) is 37.2 Å². The number of aliphatic hydroxyl groups excluding tert-OH is 1. The van der Waals surface area contributed by atoms with E-state index < -0.39 is 36.0 Å². The van der Waals surface area contributed by atoms with Gasteiger partial charge in [0.15, 0.2) is 0 Å². The number of aliphatic hydroxyl groups is 1. The van der Waals surface area contributed by atoms with E-state index >= 15 is 0 Å². The standard InChI is InChI=1S/C32H47FN6O5S/c1-8-14-39(31(42)28(37-38-34)20(5)9-2)26(19(3)4)17-27(40)30-36-25(18-45-30)29(41)35-24(15-21(6)32(43)44-7)16-22-10-12-23(33)13-11-22/h10-13,18-21,24,26-28,40H,8-9,14-17H2,1-7H3,(H,35,41)/t20?,21-,24+,26?,27+,28-/m0/s1. The van der Waals surface area contributed by atoms with Gasteiger partial charge in [-0.2, -0.15) is 0 Å². The lowest BCUT2D eigenvalue weighted by Gasteiger charge is -2.37. The highest BCUT2D eigenvalue weighted by molar-refractivity contribution is 7.09. The van der Waals surface area contributed by atoms with Crippen LogP contribution in [0.1, 0.15) is 94.4 Å². The summed E-state index contributed by atoms with van der Waals surface area (Å²) in [5, 5.41) is 19.9. The molecule has 13 heteroatoms. The molecule has 2 aromatic rings. The zero-order chi connectivity index (χ0) is 33.7. The van der Waals surface area contributed by atoms with Crippen molar-refractivity contribution in [1.82, 2.24) is 15.2 Å². The number of methoxy groups -OCH3 is 1. The number of amides is 2. The summed E-state index contributed by atoms with van der Waals surface area (Å²) in [5.74, 6) is -2.17. The van der Waals surface area contributed by atoms with E-state index in [1.165, 1.54) is 19.2 Å². The molecule has 2 amide bonds. The summed E-state index contributed by atoms with van der Waals surface area (Å²) >= 11 is 1.14. The van der Waals surface area contributed by atoms with E-state index in [2.05, 4.69) is 20.3 Å².